The van der Waals surface area contributed by atoms with Crippen LogP contribution in [0.3, 0.4) is 0 Å². The molecule has 88 valence electrons. The first-order valence-corrected chi connectivity index (χ1v) is 5.44. The van der Waals surface area contributed by atoms with Crippen molar-refractivity contribution in [3.8, 4) is 0 Å². The Bertz CT molecular complexity index is 388. The van der Waals surface area contributed by atoms with E-state index in [4.69, 9.17) is 0 Å². The van der Waals surface area contributed by atoms with Crippen LogP contribution in [0.4, 0.5) is 0 Å². The maximum absolute atomic E-state index is 11.7. The molecule has 0 saturated carbocycles. The summed E-state index contributed by atoms with van der Waals surface area (Å²) in [5, 5.41) is 11.1. The molecule has 1 aliphatic rings. The zero-order valence-electron chi connectivity index (χ0n) is 9.84. The van der Waals surface area contributed by atoms with E-state index in [0.29, 0.717) is 0 Å². The number of aryl methyl sites for hydroxylation is 1. The summed E-state index contributed by atoms with van der Waals surface area (Å²) in [6.07, 6.45) is 2.52. The van der Waals surface area contributed by atoms with Crippen molar-refractivity contribution in [2.24, 2.45) is 7.05 Å². The van der Waals surface area contributed by atoms with Gasteiger partial charge in [-0.2, -0.15) is 0 Å². The van der Waals surface area contributed by atoms with Crippen LogP contribution in [-0.4, -0.2) is 45.2 Å². The van der Waals surface area contributed by atoms with Crippen LogP contribution in [0.2, 0.25) is 0 Å². The van der Waals surface area contributed by atoms with Crippen LogP contribution in [0, 0.1) is 0 Å². The molecule has 2 heterocycles. The summed E-state index contributed by atoms with van der Waals surface area (Å²) in [4.78, 5) is 13.5. The van der Waals surface area contributed by atoms with Gasteiger partial charge in [-0.05, 0) is 13.3 Å². The zero-order chi connectivity index (χ0) is 11.7. The fourth-order valence-electron chi connectivity index (χ4n) is 2.04. The Kier molecular flexibility index (Phi) is 2.91. The molecule has 0 bridgehead atoms. The number of aromatic nitrogens is 3. The summed E-state index contributed by atoms with van der Waals surface area (Å²) in [5.41, 5.74) is 0. The lowest BCUT2D eigenvalue weighted by Crippen LogP contribution is -2.38. The lowest BCUT2D eigenvalue weighted by atomic mass is 10.2. The summed E-state index contributed by atoms with van der Waals surface area (Å²) >= 11 is 0. The molecule has 2 rings (SSSR count). The van der Waals surface area contributed by atoms with Gasteiger partial charge in [0.15, 0.2) is 0 Å². The van der Waals surface area contributed by atoms with E-state index in [1.54, 1.807) is 11.2 Å². The maximum atomic E-state index is 11.7. The smallest absolute Gasteiger partial charge is 0.239 e. The molecule has 1 fully saturated rings. The molecule has 0 aliphatic carbocycles. The molecule has 0 aromatic carbocycles. The second kappa shape index (κ2) is 4.21. The van der Waals surface area contributed by atoms with Crippen molar-refractivity contribution in [1.82, 2.24) is 25.0 Å². The van der Waals surface area contributed by atoms with Crippen molar-refractivity contribution in [2.45, 2.75) is 25.4 Å². The fraction of sp³-hybridized carbons (Fsp3) is 0.700. The molecule has 1 aliphatic heterocycles. The number of amides is 1. The lowest BCUT2D eigenvalue weighted by Gasteiger charge is -2.17. The normalized spacial score (nSPS) is 22.8. The van der Waals surface area contributed by atoms with Gasteiger partial charge in [-0.25, -0.2) is 0 Å². The second-order valence-electron chi connectivity index (χ2n) is 4.29. The van der Waals surface area contributed by atoms with E-state index in [2.05, 4.69) is 15.5 Å². The molecule has 16 heavy (non-hydrogen) atoms. The Morgan fingerprint density at radius 1 is 1.56 bits per heavy atom. The van der Waals surface area contributed by atoms with Crippen molar-refractivity contribution in [1.29, 1.82) is 0 Å². The summed E-state index contributed by atoms with van der Waals surface area (Å²) in [5.74, 6) is 1.01. The molecule has 0 radical (unpaired) electrons. The number of hydrogen-bond acceptors (Lipinski definition) is 4. The van der Waals surface area contributed by atoms with E-state index in [9.17, 15) is 4.79 Å². The molecule has 1 aromatic rings. The van der Waals surface area contributed by atoms with Crippen molar-refractivity contribution in [3.05, 3.63) is 12.2 Å². The van der Waals surface area contributed by atoms with Crippen LogP contribution in [0.25, 0.3) is 0 Å². The van der Waals surface area contributed by atoms with E-state index in [-0.39, 0.29) is 18.0 Å². The lowest BCUT2D eigenvalue weighted by molar-refractivity contribution is -0.128. The Morgan fingerprint density at radius 2 is 2.31 bits per heavy atom. The molecule has 1 saturated heterocycles. The van der Waals surface area contributed by atoms with Gasteiger partial charge >= 0.3 is 0 Å². The van der Waals surface area contributed by atoms with Gasteiger partial charge in [0, 0.05) is 20.6 Å². The third-order valence-corrected chi connectivity index (χ3v) is 3.01. The molecular weight excluding hydrogens is 206 g/mol. The molecule has 2 unspecified atom stereocenters. The fourth-order valence-corrected chi connectivity index (χ4v) is 2.04. The van der Waals surface area contributed by atoms with Crippen molar-refractivity contribution >= 4 is 5.91 Å². The van der Waals surface area contributed by atoms with Crippen LogP contribution in [0.5, 0.6) is 0 Å². The average Bonchev–Trinajstić information content (AvgIpc) is 2.79. The Hall–Kier alpha value is -1.43. The van der Waals surface area contributed by atoms with Crippen molar-refractivity contribution in [2.75, 3.05) is 13.6 Å². The van der Waals surface area contributed by atoms with Gasteiger partial charge in [0.05, 0.1) is 12.1 Å². The first-order valence-electron chi connectivity index (χ1n) is 5.44. The largest absolute Gasteiger partial charge is 0.344 e. The standard InChI is InChI=1S/C10H17N5O/c1-7(9-13-11-6-15(9)3)12-8-4-5-14(2)10(8)16/h6-8,12H,4-5H2,1-3H3. The highest BCUT2D eigenvalue weighted by molar-refractivity contribution is 5.83. The molecule has 1 amide bonds. The van der Waals surface area contributed by atoms with E-state index < -0.39 is 0 Å². The Balaban J connectivity index is 2.01. The van der Waals surface area contributed by atoms with E-state index in [0.717, 1.165) is 18.8 Å². The summed E-state index contributed by atoms with van der Waals surface area (Å²) in [7, 11) is 3.73. The van der Waals surface area contributed by atoms with Crippen LogP contribution in [0.1, 0.15) is 25.2 Å². The Morgan fingerprint density at radius 3 is 2.81 bits per heavy atom. The first-order chi connectivity index (χ1) is 7.59. The summed E-state index contributed by atoms with van der Waals surface area (Å²) in [6, 6.07) is -0.0513. The number of nitrogens with zero attached hydrogens (tertiary/aromatic N) is 4. The van der Waals surface area contributed by atoms with Gasteiger partial charge < -0.3 is 9.47 Å². The average molecular weight is 223 g/mol. The summed E-state index contributed by atoms with van der Waals surface area (Å²) < 4.78 is 1.86. The third-order valence-electron chi connectivity index (χ3n) is 3.01. The number of nitrogens with one attached hydrogen (secondary N) is 1. The zero-order valence-corrected chi connectivity index (χ0v) is 9.84. The van der Waals surface area contributed by atoms with Crippen LogP contribution in [-0.2, 0) is 11.8 Å². The first kappa shape index (κ1) is 11.1. The summed E-state index contributed by atoms with van der Waals surface area (Å²) in [6.45, 7) is 2.82. The quantitative estimate of drug-likeness (QED) is 0.764. The van der Waals surface area contributed by atoms with Crippen molar-refractivity contribution in [3.63, 3.8) is 0 Å². The van der Waals surface area contributed by atoms with E-state index in [1.807, 2.05) is 25.6 Å². The molecular formula is C10H17N5O. The maximum Gasteiger partial charge on any atom is 0.239 e. The van der Waals surface area contributed by atoms with Gasteiger partial charge in [-0.1, -0.05) is 0 Å². The van der Waals surface area contributed by atoms with Gasteiger partial charge in [-0.3, -0.25) is 10.1 Å². The highest BCUT2D eigenvalue weighted by Gasteiger charge is 2.30. The van der Waals surface area contributed by atoms with Crippen LogP contribution in [0.15, 0.2) is 6.33 Å². The van der Waals surface area contributed by atoms with Gasteiger partial charge in [0.2, 0.25) is 5.91 Å². The van der Waals surface area contributed by atoms with E-state index >= 15 is 0 Å². The Labute approximate surface area is 94.6 Å². The predicted octanol–water partition coefficient (Wildman–Crippen LogP) is -0.304. The highest BCUT2D eigenvalue weighted by atomic mass is 16.2. The highest BCUT2D eigenvalue weighted by Crippen LogP contribution is 2.14. The number of rotatable bonds is 3. The molecule has 0 spiro atoms. The van der Waals surface area contributed by atoms with Crippen molar-refractivity contribution < 1.29 is 4.79 Å². The topological polar surface area (TPSA) is 63.1 Å². The predicted molar refractivity (Wildman–Crippen MR) is 58.6 cm³/mol. The monoisotopic (exact) mass is 223 g/mol. The van der Waals surface area contributed by atoms with Gasteiger partial charge in [-0.15, -0.1) is 10.2 Å². The van der Waals surface area contributed by atoms with Gasteiger partial charge in [0.1, 0.15) is 12.2 Å². The molecule has 2 atom stereocenters. The number of likely N-dealkylation sites (tertiary alicyclic amines) is 1. The second-order valence-corrected chi connectivity index (χ2v) is 4.29. The van der Waals surface area contributed by atoms with Crippen LogP contribution < -0.4 is 5.32 Å². The minimum absolute atomic E-state index is 0.0351. The molecule has 6 heteroatoms. The van der Waals surface area contributed by atoms with Gasteiger partial charge in [0.25, 0.3) is 0 Å². The number of carbonyl (C=O) groups excluding carboxylic acids is 1. The molecule has 6 nitrogen and oxygen atoms in total. The minimum atomic E-state index is -0.0864. The number of hydrogen-bond donors (Lipinski definition) is 1. The van der Waals surface area contributed by atoms with Crippen LogP contribution >= 0.6 is 0 Å². The van der Waals surface area contributed by atoms with E-state index in [1.165, 1.54) is 0 Å². The molecule has 1 N–H and O–H groups in total. The minimum Gasteiger partial charge on any atom is -0.344 e. The number of carbonyl (C=O) groups is 1. The SMILES string of the molecule is CC(NC1CCN(C)C1=O)c1nncn1C. The molecule has 1 aromatic heterocycles. The third kappa shape index (κ3) is 1.92. The number of likely N-dealkylation sites (N-methyl/N-ethyl adjacent to an activating group) is 1.